The summed E-state index contributed by atoms with van der Waals surface area (Å²) in [5, 5.41) is 8.67. The summed E-state index contributed by atoms with van der Waals surface area (Å²) in [5.41, 5.74) is 0. The summed E-state index contributed by atoms with van der Waals surface area (Å²) in [6.45, 7) is 4.51. The third kappa shape index (κ3) is 41.1. The van der Waals surface area contributed by atoms with Gasteiger partial charge in [0.15, 0.2) is 0 Å². The number of hydrogen-bond donors (Lipinski definition) is 1. The lowest BCUT2D eigenvalue weighted by Crippen LogP contribution is -2.18. The first-order chi connectivity index (χ1) is 24.6. The molecule has 4 nitrogen and oxygen atoms in total. The number of carboxylic acid groups (broad SMARTS) is 1. The van der Waals surface area contributed by atoms with Crippen LogP contribution in [0, 0.1) is 0 Å². The van der Waals surface area contributed by atoms with E-state index in [2.05, 4.69) is 26.0 Å². The molecule has 0 saturated carbocycles. The maximum absolute atomic E-state index is 12.6. The Morgan fingerprint density at radius 1 is 0.420 bits per heavy atom. The number of carboxylic acids is 1. The van der Waals surface area contributed by atoms with Crippen molar-refractivity contribution < 1.29 is 19.4 Å². The Morgan fingerprint density at radius 2 is 0.740 bits per heavy atom. The number of esters is 1. The molecular weight excluding hydrogens is 617 g/mol. The smallest absolute Gasteiger partial charge is 0.306 e. The Morgan fingerprint density at radius 3 is 1.14 bits per heavy atom. The quantitative estimate of drug-likeness (QED) is 0.0390. The Hall–Kier alpha value is -1.32. The van der Waals surface area contributed by atoms with Crippen molar-refractivity contribution in [2.24, 2.45) is 0 Å². The van der Waals surface area contributed by atoms with E-state index in [0.717, 1.165) is 44.9 Å². The minimum absolute atomic E-state index is 0.0418. The van der Waals surface area contributed by atoms with Gasteiger partial charge in [-0.15, -0.1) is 0 Å². The SMILES string of the molecule is CCCCCCCC/C=C\CCCCCCCCCCCC(=O)OC(CCCC)CCCCCCCCCCCCCCCCCCC(=O)O. The van der Waals surface area contributed by atoms with E-state index in [1.165, 1.54) is 193 Å². The van der Waals surface area contributed by atoms with Crippen molar-refractivity contribution in [3.63, 3.8) is 0 Å². The fraction of sp³-hybridized carbons (Fsp3) is 0.913. The first-order valence-corrected chi connectivity index (χ1v) is 22.7. The van der Waals surface area contributed by atoms with Crippen LogP contribution >= 0.6 is 0 Å². The van der Waals surface area contributed by atoms with E-state index in [9.17, 15) is 9.59 Å². The van der Waals surface area contributed by atoms with Crippen LogP contribution in [0.3, 0.4) is 0 Å². The van der Waals surface area contributed by atoms with E-state index in [0.29, 0.717) is 12.8 Å². The molecule has 296 valence electrons. The number of aliphatic carboxylic acids is 1. The number of allylic oxidation sites excluding steroid dienone is 2. The standard InChI is InChI=1S/C46H88O4/c1-3-5-7-8-9-10-11-12-13-14-15-16-21-24-27-30-33-36-39-43-46(49)50-44(40-6-4-2)41-37-34-31-28-25-22-19-17-18-20-23-26-29-32-35-38-42-45(47)48/h12-13,44H,3-11,14-43H2,1-2H3,(H,47,48)/b13-12-. The number of ether oxygens (including phenoxy) is 1. The Labute approximate surface area is 313 Å². The molecule has 0 spiro atoms. The fourth-order valence-corrected chi connectivity index (χ4v) is 7.11. The second kappa shape index (κ2) is 42.1. The van der Waals surface area contributed by atoms with Gasteiger partial charge < -0.3 is 9.84 Å². The number of hydrogen-bond acceptors (Lipinski definition) is 3. The summed E-state index contributed by atoms with van der Waals surface area (Å²) >= 11 is 0. The van der Waals surface area contributed by atoms with Gasteiger partial charge in [0.05, 0.1) is 0 Å². The molecule has 50 heavy (non-hydrogen) atoms. The van der Waals surface area contributed by atoms with Crippen molar-refractivity contribution >= 4 is 11.9 Å². The highest BCUT2D eigenvalue weighted by molar-refractivity contribution is 5.69. The van der Waals surface area contributed by atoms with E-state index < -0.39 is 5.97 Å². The van der Waals surface area contributed by atoms with Gasteiger partial charge in [0.2, 0.25) is 0 Å². The first-order valence-electron chi connectivity index (χ1n) is 22.7. The van der Waals surface area contributed by atoms with Crippen molar-refractivity contribution in [3.05, 3.63) is 12.2 Å². The lowest BCUT2D eigenvalue weighted by Gasteiger charge is -2.18. The first kappa shape index (κ1) is 48.7. The van der Waals surface area contributed by atoms with Crippen LogP contribution in [-0.4, -0.2) is 23.1 Å². The molecule has 0 aromatic heterocycles. The molecule has 0 saturated heterocycles. The lowest BCUT2D eigenvalue weighted by atomic mass is 10.0. The molecule has 0 aliphatic heterocycles. The van der Waals surface area contributed by atoms with Gasteiger partial charge in [0.1, 0.15) is 6.10 Å². The largest absolute Gasteiger partial charge is 0.481 e. The average molecular weight is 705 g/mol. The molecule has 0 heterocycles. The number of rotatable bonds is 42. The van der Waals surface area contributed by atoms with Crippen molar-refractivity contribution in [1.82, 2.24) is 0 Å². The summed E-state index contributed by atoms with van der Waals surface area (Å²) in [6.07, 6.45) is 53.1. The summed E-state index contributed by atoms with van der Waals surface area (Å²) < 4.78 is 5.96. The van der Waals surface area contributed by atoms with Crippen molar-refractivity contribution in [3.8, 4) is 0 Å². The summed E-state index contributed by atoms with van der Waals surface area (Å²) in [5.74, 6) is -0.620. The maximum Gasteiger partial charge on any atom is 0.306 e. The third-order valence-corrected chi connectivity index (χ3v) is 10.5. The molecular formula is C46H88O4. The van der Waals surface area contributed by atoms with E-state index >= 15 is 0 Å². The topological polar surface area (TPSA) is 63.6 Å². The molecule has 1 N–H and O–H groups in total. The van der Waals surface area contributed by atoms with Gasteiger partial charge in [0.25, 0.3) is 0 Å². The van der Waals surface area contributed by atoms with Crippen molar-refractivity contribution in [1.29, 1.82) is 0 Å². The average Bonchev–Trinajstić information content (AvgIpc) is 3.10. The van der Waals surface area contributed by atoms with Gasteiger partial charge in [-0.05, 0) is 57.8 Å². The normalized spacial score (nSPS) is 12.2. The van der Waals surface area contributed by atoms with E-state index in [1.807, 2.05) is 0 Å². The summed E-state index contributed by atoms with van der Waals surface area (Å²) in [7, 11) is 0. The molecule has 0 rings (SSSR count). The molecule has 0 bridgehead atoms. The molecule has 0 amide bonds. The van der Waals surface area contributed by atoms with Gasteiger partial charge in [-0.25, -0.2) is 0 Å². The minimum atomic E-state index is -0.662. The second-order valence-electron chi connectivity index (χ2n) is 15.6. The zero-order valence-corrected chi connectivity index (χ0v) is 34.0. The van der Waals surface area contributed by atoms with Gasteiger partial charge in [0, 0.05) is 12.8 Å². The van der Waals surface area contributed by atoms with E-state index in [1.54, 1.807) is 0 Å². The molecule has 4 heteroatoms. The molecule has 0 fully saturated rings. The van der Waals surface area contributed by atoms with Gasteiger partial charge in [-0.3, -0.25) is 9.59 Å². The third-order valence-electron chi connectivity index (χ3n) is 10.5. The maximum atomic E-state index is 12.6. The second-order valence-corrected chi connectivity index (χ2v) is 15.6. The molecule has 0 aromatic rings. The highest BCUT2D eigenvalue weighted by Crippen LogP contribution is 2.19. The number of unbranched alkanes of at least 4 members (excludes halogenated alkanes) is 31. The Kier molecular flexibility index (Phi) is 41.0. The zero-order chi connectivity index (χ0) is 36.4. The molecule has 0 aliphatic carbocycles. The van der Waals surface area contributed by atoms with Crippen LogP contribution in [0.2, 0.25) is 0 Å². The summed E-state index contributed by atoms with van der Waals surface area (Å²) in [4.78, 5) is 23.1. The predicted molar refractivity (Wildman–Crippen MR) is 218 cm³/mol. The van der Waals surface area contributed by atoms with Gasteiger partial charge >= 0.3 is 11.9 Å². The lowest BCUT2D eigenvalue weighted by molar-refractivity contribution is -0.150. The van der Waals surface area contributed by atoms with E-state index in [4.69, 9.17) is 9.84 Å². The van der Waals surface area contributed by atoms with Crippen LogP contribution in [0.5, 0.6) is 0 Å². The number of carbonyl (C=O) groups is 2. The predicted octanol–water partition coefficient (Wildman–Crippen LogP) is 15.8. The Bertz CT molecular complexity index is 717. The van der Waals surface area contributed by atoms with Gasteiger partial charge in [-0.2, -0.15) is 0 Å². The molecule has 0 aromatic carbocycles. The molecule has 1 atom stereocenters. The highest BCUT2D eigenvalue weighted by atomic mass is 16.5. The molecule has 0 aliphatic rings. The highest BCUT2D eigenvalue weighted by Gasteiger charge is 2.14. The zero-order valence-electron chi connectivity index (χ0n) is 34.0. The number of carbonyl (C=O) groups excluding carboxylic acids is 1. The van der Waals surface area contributed by atoms with Gasteiger partial charge in [-0.1, -0.05) is 206 Å². The van der Waals surface area contributed by atoms with Crippen molar-refractivity contribution in [2.75, 3.05) is 0 Å². The fourth-order valence-electron chi connectivity index (χ4n) is 7.11. The van der Waals surface area contributed by atoms with Crippen LogP contribution < -0.4 is 0 Å². The van der Waals surface area contributed by atoms with Crippen LogP contribution in [0.4, 0.5) is 0 Å². The van der Waals surface area contributed by atoms with Crippen molar-refractivity contribution in [2.45, 2.75) is 270 Å². The Balaban J connectivity index is 3.56. The van der Waals surface area contributed by atoms with Crippen LogP contribution in [0.25, 0.3) is 0 Å². The molecule has 0 radical (unpaired) electrons. The monoisotopic (exact) mass is 705 g/mol. The van der Waals surface area contributed by atoms with Crippen LogP contribution in [-0.2, 0) is 14.3 Å². The minimum Gasteiger partial charge on any atom is -0.481 e. The molecule has 1 unspecified atom stereocenters. The van der Waals surface area contributed by atoms with E-state index in [-0.39, 0.29) is 12.1 Å². The van der Waals surface area contributed by atoms with Crippen LogP contribution in [0.1, 0.15) is 264 Å². The summed E-state index contributed by atoms with van der Waals surface area (Å²) in [6, 6.07) is 0. The van der Waals surface area contributed by atoms with Crippen LogP contribution in [0.15, 0.2) is 12.2 Å².